The number of halogens is 2. The maximum absolute atomic E-state index is 13.6. The molecule has 0 bridgehead atoms. The number of hydrogen-bond acceptors (Lipinski definition) is 3. The molecule has 0 aliphatic carbocycles. The first-order valence-corrected chi connectivity index (χ1v) is 8.28. The number of esters is 1. The number of carbonyl (C=O) groups excluding carboxylic acids is 1. The summed E-state index contributed by atoms with van der Waals surface area (Å²) in [4.78, 5) is 18.7. The van der Waals surface area contributed by atoms with Crippen LogP contribution in [0.1, 0.15) is 34.0 Å². The molecule has 6 heteroatoms. The number of aryl methyl sites for hydroxylation is 2. The van der Waals surface area contributed by atoms with E-state index >= 15 is 0 Å². The second kappa shape index (κ2) is 8.56. The molecule has 0 saturated heterocycles. The van der Waals surface area contributed by atoms with Gasteiger partial charge in [-0.3, -0.25) is 0 Å². The number of ether oxygens (including phenoxy) is 1. The van der Waals surface area contributed by atoms with E-state index in [4.69, 9.17) is 4.74 Å². The highest BCUT2D eigenvalue weighted by Crippen LogP contribution is 2.24. The third-order valence-corrected chi connectivity index (χ3v) is 4.02. The zero-order chi connectivity index (χ0) is 19.3. The Bertz CT molecular complexity index is 835. The Morgan fingerprint density at radius 2 is 1.92 bits per heavy atom. The number of aliphatic imine (C=N–C) groups is 1. The van der Waals surface area contributed by atoms with Crippen LogP contribution >= 0.6 is 0 Å². The largest absolute Gasteiger partial charge is 0.457 e. The van der Waals surface area contributed by atoms with Crippen molar-refractivity contribution in [1.29, 1.82) is 0 Å². The van der Waals surface area contributed by atoms with Crippen LogP contribution in [-0.2, 0) is 11.3 Å². The van der Waals surface area contributed by atoms with Gasteiger partial charge in [-0.15, -0.1) is 0 Å². The van der Waals surface area contributed by atoms with Crippen LogP contribution in [0.15, 0.2) is 35.3 Å². The number of benzene rings is 2. The minimum atomic E-state index is -0.614. The van der Waals surface area contributed by atoms with Crippen LogP contribution in [0.5, 0.6) is 0 Å². The van der Waals surface area contributed by atoms with Crippen LogP contribution in [-0.4, -0.2) is 30.8 Å². The minimum absolute atomic E-state index is 0.00320. The monoisotopic (exact) mass is 360 g/mol. The normalized spacial score (nSPS) is 11.0. The van der Waals surface area contributed by atoms with Gasteiger partial charge in [0.2, 0.25) is 0 Å². The Hall–Kier alpha value is -2.76. The lowest BCUT2D eigenvalue weighted by Gasteiger charge is -2.12. The molecule has 0 fully saturated rings. The highest BCUT2D eigenvalue weighted by atomic mass is 19.1. The Morgan fingerprint density at radius 1 is 1.19 bits per heavy atom. The number of rotatable bonds is 6. The topological polar surface area (TPSA) is 41.9 Å². The Balaban J connectivity index is 2.15. The Kier molecular flexibility index (Phi) is 6.44. The van der Waals surface area contributed by atoms with Crippen molar-refractivity contribution in [2.45, 2.75) is 27.4 Å². The van der Waals surface area contributed by atoms with Crippen molar-refractivity contribution in [2.75, 3.05) is 13.6 Å². The zero-order valence-electron chi connectivity index (χ0n) is 15.3. The second-order valence-electron chi connectivity index (χ2n) is 6.08. The second-order valence-corrected chi connectivity index (χ2v) is 6.08. The van der Waals surface area contributed by atoms with E-state index in [0.29, 0.717) is 11.1 Å². The summed E-state index contributed by atoms with van der Waals surface area (Å²) in [6.07, 6.45) is 1.73. The highest BCUT2D eigenvalue weighted by Gasteiger charge is 2.14. The fourth-order valence-corrected chi connectivity index (χ4v) is 2.28. The SMILES string of the molecule is CCN(C)C=Nc1cc(C)c(C(=O)OCc2cc(F)ccc2F)cc1C. The summed E-state index contributed by atoms with van der Waals surface area (Å²) in [5.74, 6) is -1.78. The van der Waals surface area contributed by atoms with Gasteiger partial charge in [-0.25, -0.2) is 18.6 Å². The summed E-state index contributed by atoms with van der Waals surface area (Å²) in [5, 5.41) is 0. The van der Waals surface area contributed by atoms with E-state index in [0.717, 1.165) is 36.0 Å². The van der Waals surface area contributed by atoms with E-state index in [1.807, 2.05) is 25.8 Å². The quantitative estimate of drug-likeness (QED) is 0.431. The van der Waals surface area contributed by atoms with Gasteiger partial charge in [0, 0.05) is 19.2 Å². The molecule has 4 nitrogen and oxygen atoms in total. The van der Waals surface area contributed by atoms with Crippen LogP contribution in [0.25, 0.3) is 0 Å². The third-order valence-electron chi connectivity index (χ3n) is 4.02. The predicted octanol–water partition coefficient (Wildman–Crippen LogP) is 4.55. The van der Waals surface area contributed by atoms with Crippen molar-refractivity contribution in [3.8, 4) is 0 Å². The first-order valence-electron chi connectivity index (χ1n) is 8.28. The standard InChI is InChI=1S/C20H22F2N2O2/c1-5-24(4)12-23-19-9-13(2)17(8-14(19)3)20(25)26-11-15-10-16(21)6-7-18(15)22/h6-10,12H,5,11H2,1-4H3. The van der Waals surface area contributed by atoms with Crippen LogP contribution in [0.2, 0.25) is 0 Å². The van der Waals surface area contributed by atoms with Gasteiger partial charge < -0.3 is 9.64 Å². The molecule has 2 aromatic rings. The van der Waals surface area contributed by atoms with Crippen molar-refractivity contribution < 1.29 is 18.3 Å². The fourth-order valence-electron chi connectivity index (χ4n) is 2.28. The Morgan fingerprint density at radius 3 is 2.62 bits per heavy atom. The van der Waals surface area contributed by atoms with Crippen molar-refractivity contribution >= 4 is 18.0 Å². The van der Waals surface area contributed by atoms with Gasteiger partial charge in [0.1, 0.15) is 18.2 Å². The van der Waals surface area contributed by atoms with E-state index in [1.165, 1.54) is 0 Å². The van der Waals surface area contributed by atoms with Gasteiger partial charge >= 0.3 is 5.97 Å². The van der Waals surface area contributed by atoms with E-state index in [1.54, 1.807) is 25.4 Å². The molecule has 0 spiro atoms. The molecule has 0 amide bonds. The molecular weight excluding hydrogens is 338 g/mol. The molecule has 0 N–H and O–H groups in total. The molecule has 0 atom stereocenters. The van der Waals surface area contributed by atoms with Crippen LogP contribution in [0.4, 0.5) is 14.5 Å². The predicted molar refractivity (Wildman–Crippen MR) is 97.8 cm³/mol. The maximum atomic E-state index is 13.6. The summed E-state index contributed by atoms with van der Waals surface area (Å²) in [5.41, 5.74) is 2.65. The van der Waals surface area contributed by atoms with E-state index in [9.17, 15) is 13.6 Å². The molecule has 138 valence electrons. The smallest absolute Gasteiger partial charge is 0.338 e. The molecule has 0 radical (unpaired) electrons. The Labute approximate surface area is 152 Å². The average molecular weight is 360 g/mol. The van der Waals surface area contributed by atoms with Crippen molar-refractivity contribution in [2.24, 2.45) is 4.99 Å². The highest BCUT2D eigenvalue weighted by molar-refractivity contribution is 5.92. The third kappa shape index (κ3) is 4.88. The van der Waals surface area contributed by atoms with E-state index in [-0.39, 0.29) is 12.2 Å². The summed E-state index contributed by atoms with van der Waals surface area (Å²) in [6, 6.07) is 6.53. The van der Waals surface area contributed by atoms with Crippen LogP contribution in [0, 0.1) is 25.5 Å². The number of hydrogen-bond donors (Lipinski definition) is 0. The number of nitrogens with zero attached hydrogens (tertiary/aromatic N) is 2. The van der Waals surface area contributed by atoms with Crippen molar-refractivity contribution in [1.82, 2.24) is 4.90 Å². The van der Waals surface area contributed by atoms with Crippen LogP contribution in [0.3, 0.4) is 0 Å². The van der Waals surface area contributed by atoms with Crippen molar-refractivity contribution in [3.05, 3.63) is 64.2 Å². The zero-order valence-corrected chi connectivity index (χ0v) is 15.3. The van der Waals surface area contributed by atoms with Gasteiger partial charge in [-0.05, 0) is 62.2 Å². The maximum Gasteiger partial charge on any atom is 0.338 e. The molecule has 0 saturated carbocycles. The van der Waals surface area contributed by atoms with Gasteiger partial charge in [0.05, 0.1) is 17.6 Å². The molecule has 0 unspecified atom stereocenters. The molecule has 0 heterocycles. The van der Waals surface area contributed by atoms with E-state index in [2.05, 4.69) is 4.99 Å². The van der Waals surface area contributed by atoms with Gasteiger partial charge in [0.25, 0.3) is 0 Å². The molecule has 0 aliphatic rings. The fraction of sp³-hybridized carbons (Fsp3) is 0.300. The average Bonchev–Trinajstić information content (AvgIpc) is 2.62. The molecule has 26 heavy (non-hydrogen) atoms. The number of carbonyl (C=O) groups is 1. The summed E-state index contributed by atoms with van der Waals surface area (Å²) in [6.45, 7) is 6.15. The summed E-state index contributed by atoms with van der Waals surface area (Å²) in [7, 11) is 1.92. The van der Waals surface area contributed by atoms with Crippen LogP contribution < -0.4 is 0 Å². The lowest BCUT2D eigenvalue weighted by molar-refractivity contribution is 0.0467. The lowest BCUT2D eigenvalue weighted by atomic mass is 10.0. The first kappa shape index (κ1) is 19.6. The lowest BCUT2D eigenvalue weighted by Crippen LogP contribution is -2.14. The van der Waals surface area contributed by atoms with Crippen molar-refractivity contribution in [3.63, 3.8) is 0 Å². The first-order chi connectivity index (χ1) is 12.3. The van der Waals surface area contributed by atoms with Gasteiger partial charge in [-0.2, -0.15) is 0 Å². The van der Waals surface area contributed by atoms with Gasteiger partial charge in [-0.1, -0.05) is 0 Å². The molecule has 0 aliphatic heterocycles. The molecular formula is C20H22F2N2O2. The van der Waals surface area contributed by atoms with Gasteiger partial charge in [0.15, 0.2) is 0 Å². The minimum Gasteiger partial charge on any atom is -0.457 e. The molecule has 2 aromatic carbocycles. The van der Waals surface area contributed by atoms with E-state index < -0.39 is 17.6 Å². The molecule has 0 aromatic heterocycles. The summed E-state index contributed by atoms with van der Waals surface area (Å²) < 4.78 is 32.0. The molecule has 2 rings (SSSR count). The summed E-state index contributed by atoms with van der Waals surface area (Å²) >= 11 is 0.